The number of amides is 1. The normalized spacial score (nSPS) is 11.1. The first-order valence-corrected chi connectivity index (χ1v) is 11.5. The fourth-order valence-electron chi connectivity index (χ4n) is 2.90. The molecule has 3 rings (SSSR count). The van der Waals surface area contributed by atoms with E-state index in [1.54, 1.807) is 30.3 Å². The zero-order valence-corrected chi connectivity index (χ0v) is 19.1. The number of halogens is 2. The molecule has 0 atom stereocenters. The van der Waals surface area contributed by atoms with Crippen LogP contribution in [-0.4, -0.2) is 20.9 Å². The minimum atomic E-state index is -3.76. The number of carbonyl (C=O) groups is 1. The van der Waals surface area contributed by atoms with Crippen LogP contribution in [0.1, 0.15) is 11.1 Å². The van der Waals surface area contributed by atoms with E-state index in [2.05, 4.69) is 10.0 Å². The zero-order valence-electron chi connectivity index (χ0n) is 16.8. The third-order valence-electron chi connectivity index (χ3n) is 4.20. The SMILES string of the molecule is Cc1cc(C)cc(NS(=O)(=O)c2ccc(OCC(=O)Nc3cccc(Cl)c3Cl)cc2)c1. The van der Waals surface area contributed by atoms with Gasteiger partial charge in [-0.25, -0.2) is 8.42 Å². The molecule has 9 heteroatoms. The number of anilines is 2. The number of hydrogen-bond acceptors (Lipinski definition) is 4. The molecule has 2 N–H and O–H groups in total. The second kappa shape index (κ2) is 9.60. The number of rotatable bonds is 7. The van der Waals surface area contributed by atoms with Crippen molar-refractivity contribution in [2.45, 2.75) is 18.7 Å². The summed E-state index contributed by atoms with van der Waals surface area (Å²) in [4.78, 5) is 12.2. The molecule has 6 nitrogen and oxygen atoms in total. The van der Waals surface area contributed by atoms with Gasteiger partial charge in [0.25, 0.3) is 15.9 Å². The maximum absolute atomic E-state index is 12.6. The Bertz CT molecular complexity index is 1190. The quantitative estimate of drug-likeness (QED) is 0.474. The molecule has 0 fully saturated rings. The highest BCUT2D eigenvalue weighted by Gasteiger charge is 2.15. The van der Waals surface area contributed by atoms with Gasteiger partial charge >= 0.3 is 0 Å². The molecule has 31 heavy (non-hydrogen) atoms. The van der Waals surface area contributed by atoms with Crippen molar-refractivity contribution in [2.24, 2.45) is 0 Å². The summed E-state index contributed by atoms with van der Waals surface area (Å²) in [6, 6.07) is 16.1. The van der Waals surface area contributed by atoms with Crippen LogP contribution in [0.4, 0.5) is 11.4 Å². The van der Waals surface area contributed by atoms with E-state index in [0.29, 0.717) is 22.1 Å². The van der Waals surface area contributed by atoms with Crippen LogP contribution in [0.25, 0.3) is 0 Å². The van der Waals surface area contributed by atoms with Gasteiger partial charge in [-0.1, -0.05) is 35.3 Å². The molecule has 0 saturated heterocycles. The van der Waals surface area contributed by atoms with Gasteiger partial charge in [0.15, 0.2) is 6.61 Å². The molecule has 0 spiro atoms. The Kier molecular flexibility index (Phi) is 7.10. The molecule has 1 amide bonds. The molecule has 162 valence electrons. The van der Waals surface area contributed by atoms with Crippen molar-refractivity contribution in [3.05, 3.63) is 81.8 Å². The van der Waals surface area contributed by atoms with E-state index in [0.717, 1.165) is 11.1 Å². The third kappa shape index (κ3) is 6.13. The Morgan fingerprint density at radius 1 is 0.968 bits per heavy atom. The monoisotopic (exact) mass is 478 g/mol. The van der Waals surface area contributed by atoms with Crippen LogP contribution in [0.15, 0.2) is 65.6 Å². The summed E-state index contributed by atoms with van der Waals surface area (Å²) in [6.07, 6.45) is 0. The van der Waals surface area contributed by atoms with Crippen LogP contribution in [0.5, 0.6) is 5.75 Å². The predicted octanol–water partition coefficient (Wildman–Crippen LogP) is 5.43. The van der Waals surface area contributed by atoms with E-state index in [1.807, 2.05) is 19.9 Å². The molecular weight excluding hydrogens is 459 g/mol. The van der Waals surface area contributed by atoms with Crippen molar-refractivity contribution >= 4 is 50.5 Å². The first-order chi connectivity index (χ1) is 14.6. The maximum atomic E-state index is 12.6. The van der Waals surface area contributed by atoms with Gasteiger partial charge in [-0.05, 0) is 73.5 Å². The van der Waals surface area contributed by atoms with Gasteiger partial charge in [0.1, 0.15) is 5.75 Å². The van der Waals surface area contributed by atoms with Crippen molar-refractivity contribution in [3.63, 3.8) is 0 Å². The largest absolute Gasteiger partial charge is 0.484 e. The fraction of sp³-hybridized carbons (Fsp3) is 0.136. The summed E-state index contributed by atoms with van der Waals surface area (Å²) in [7, 11) is -3.76. The maximum Gasteiger partial charge on any atom is 0.262 e. The standard InChI is InChI=1S/C22H20Cl2N2O4S/c1-14-10-15(2)12-16(11-14)26-31(28,29)18-8-6-17(7-9-18)30-13-21(27)25-20-5-3-4-19(23)22(20)24/h3-12,26H,13H2,1-2H3,(H,25,27). The highest BCUT2D eigenvalue weighted by Crippen LogP contribution is 2.29. The molecule has 0 aromatic heterocycles. The molecular formula is C22H20Cl2N2O4S. The first-order valence-electron chi connectivity index (χ1n) is 9.22. The van der Waals surface area contributed by atoms with Crippen molar-refractivity contribution < 1.29 is 17.9 Å². The second-order valence-corrected chi connectivity index (χ2v) is 9.36. The van der Waals surface area contributed by atoms with Gasteiger partial charge in [-0.2, -0.15) is 0 Å². The van der Waals surface area contributed by atoms with Crippen LogP contribution in [-0.2, 0) is 14.8 Å². The van der Waals surface area contributed by atoms with Gasteiger partial charge in [0, 0.05) is 5.69 Å². The van der Waals surface area contributed by atoms with E-state index in [4.69, 9.17) is 27.9 Å². The number of nitrogens with one attached hydrogen (secondary N) is 2. The van der Waals surface area contributed by atoms with E-state index in [9.17, 15) is 13.2 Å². The molecule has 0 bridgehead atoms. The average Bonchev–Trinajstić information content (AvgIpc) is 2.69. The minimum absolute atomic E-state index is 0.0779. The summed E-state index contributed by atoms with van der Waals surface area (Å²) in [5.74, 6) is -0.0879. The van der Waals surface area contributed by atoms with Gasteiger partial charge < -0.3 is 10.1 Å². The van der Waals surface area contributed by atoms with E-state index in [-0.39, 0.29) is 16.5 Å². The molecule has 0 unspecified atom stereocenters. The molecule has 0 aliphatic heterocycles. The van der Waals surface area contributed by atoms with Crippen LogP contribution in [0.2, 0.25) is 10.0 Å². The summed E-state index contributed by atoms with van der Waals surface area (Å²) < 4.78 is 33.2. The summed E-state index contributed by atoms with van der Waals surface area (Å²) >= 11 is 12.0. The third-order valence-corrected chi connectivity index (χ3v) is 6.42. The minimum Gasteiger partial charge on any atom is -0.484 e. The van der Waals surface area contributed by atoms with Crippen LogP contribution in [0, 0.1) is 13.8 Å². The zero-order chi connectivity index (χ0) is 22.6. The smallest absolute Gasteiger partial charge is 0.262 e. The van der Waals surface area contributed by atoms with Crippen LogP contribution in [0.3, 0.4) is 0 Å². The molecule has 0 saturated carbocycles. The Morgan fingerprint density at radius 2 is 1.61 bits per heavy atom. The number of ether oxygens (including phenoxy) is 1. The lowest BCUT2D eigenvalue weighted by Crippen LogP contribution is -2.20. The molecule has 0 radical (unpaired) electrons. The average molecular weight is 479 g/mol. The summed E-state index contributed by atoms with van der Waals surface area (Å²) in [5.41, 5.74) is 2.79. The highest BCUT2D eigenvalue weighted by atomic mass is 35.5. The summed E-state index contributed by atoms with van der Waals surface area (Å²) in [6.45, 7) is 3.51. The second-order valence-electron chi connectivity index (χ2n) is 6.89. The molecule has 3 aromatic rings. The predicted molar refractivity (Wildman–Crippen MR) is 124 cm³/mol. The number of benzene rings is 3. The van der Waals surface area contributed by atoms with Crippen molar-refractivity contribution in [2.75, 3.05) is 16.6 Å². The van der Waals surface area contributed by atoms with Gasteiger partial charge in [-0.15, -0.1) is 0 Å². The summed E-state index contributed by atoms with van der Waals surface area (Å²) in [5, 5.41) is 3.17. The number of carbonyl (C=O) groups excluding carboxylic acids is 1. The lowest BCUT2D eigenvalue weighted by molar-refractivity contribution is -0.118. The van der Waals surface area contributed by atoms with Crippen molar-refractivity contribution in [1.29, 1.82) is 0 Å². The fourth-order valence-corrected chi connectivity index (χ4v) is 4.29. The molecule has 3 aromatic carbocycles. The first kappa shape index (κ1) is 22.9. The van der Waals surface area contributed by atoms with Crippen molar-refractivity contribution in [1.82, 2.24) is 0 Å². The number of sulfonamides is 1. The highest BCUT2D eigenvalue weighted by molar-refractivity contribution is 7.92. The van der Waals surface area contributed by atoms with E-state index < -0.39 is 15.9 Å². The lowest BCUT2D eigenvalue weighted by atomic mass is 10.1. The van der Waals surface area contributed by atoms with E-state index >= 15 is 0 Å². The molecule has 0 aliphatic rings. The Morgan fingerprint density at radius 3 is 2.26 bits per heavy atom. The number of aryl methyl sites for hydroxylation is 2. The van der Waals surface area contributed by atoms with Gasteiger partial charge in [0.05, 0.1) is 20.6 Å². The van der Waals surface area contributed by atoms with E-state index in [1.165, 1.54) is 24.3 Å². The van der Waals surface area contributed by atoms with Gasteiger partial charge in [0.2, 0.25) is 0 Å². The Hall–Kier alpha value is -2.74. The van der Waals surface area contributed by atoms with Crippen LogP contribution < -0.4 is 14.8 Å². The van der Waals surface area contributed by atoms with Crippen molar-refractivity contribution in [3.8, 4) is 5.75 Å². The molecule has 0 heterocycles. The number of hydrogen-bond donors (Lipinski definition) is 2. The Labute approximate surface area is 191 Å². The van der Waals surface area contributed by atoms with Crippen LogP contribution >= 0.6 is 23.2 Å². The Balaban J connectivity index is 1.61. The van der Waals surface area contributed by atoms with Gasteiger partial charge in [-0.3, -0.25) is 9.52 Å². The topological polar surface area (TPSA) is 84.5 Å². The molecule has 0 aliphatic carbocycles. The lowest BCUT2D eigenvalue weighted by Gasteiger charge is -2.11.